The number of carbonyl (C=O) groups is 2. The Bertz CT molecular complexity index is 1340. The summed E-state index contributed by atoms with van der Waals surface area (Å²) in [4.78, 5) is 34.6. The quantitative estimate of drug-likeness (QED) is 0.467. The number of benzene rings is 1. The van der Waals surface area contributed by atoms with E-state index in [1.165, 1.54) is 11.3 Å². The van der Waals surface area contributed by atoms with Crippen molar-refractivity contribution in [2.24, 2.45) is 16.7 Å². The van der Waals surface area contributed by atoms with Gasteiger partial charge in [-0.25, -0.2) is 0 Å². The molecule has 0 N–H and O–H groups in total. The van der Waals surface area contributed by atoms with Crippen LogP contribution in [0.5, 0.6) is 0 Å². The molecule has 2 atom stereocenters. The molecule has 2 saturated heterocycles. The van der Waals surface area contributed by atoms with Crippen LogP contribution >= 0.6 is 34.5 Å². The highest BCUT2D eigenvalue weighted by atomic mass is 35.5. The molecule has 4 heterocycles. The van der Waals surface area contributed by atoms with Gasteiger partial charge in [0.15, 0.2) is 0 Å². The first-order valence-corrected chi connectivity index (χ1v) is 13.5. The number of halogens is 2. The van der Waals surface area contributed by atoms with Crippen LogP contribution in [0, 0.1) is 16.7 Å². The lowest BCUT2D eigenvalue weighted by molar-refractivity contribution is -0.146. The molecule has 3 aromatic rings. The number of amides is 2. The average Bonchev–Trinajstić information content (AvgIpc) is 3.33. The number of carbonyl (C=O) groups excluding carboxylic acids is 2. The third-order valence-electron chi connectivity index (χ3n) is 7.83. The molecule has 8 nitrogen and oxygen atoms in total. The van der Waals surface area contributed by atoms with Crippen molar-refractivity contribution in [3.05, 3.63) is 62.2 Å². The third-order valence-corrected chi connectivity index (χ3v) is 9.33. The fraction of sp³-hybridized carbons (Fsp3) is 0.480. The van der Waals surface area contributed by atoms with Crippen LogP contribution in [0.15, 0.2) is 34.3 Å². The number of aromatic nitrogens is 3. The number of hydrogen-bond donors (Lipinski definition) is 0. The SMILES string of the molecule is CC1(C)C[C@@H]1C(=O)N1CC2(CN(C(=O)c3cncs3)C[C@H]2c2nnc(Cc3ccc(Cl)c(Cl)c3)o2)C1. The Labute approximate surface area is 222 Å². The van der Waals surface area contributed by atoms with Crippen molar-refractivity contribution in [2.75, 3.05) is 26.2 Å². The van der Waals surface area contributed by atoms with Crippen LogP contribution in [-0.4, -0.2) is 63.0 Å². The van der Waals surface area contributed by atoms with Gasteiger partial charge in [0.1, 0.15) is 4.88 Å². The topological polar surface area (TPSA) is 92.4 Å². The van der Waals surface area contributed by atoms with Crippen molar-refractivity contribution in [2.45, 2.75) is 32.6 Å². The summed E-state index contributed by atoms with van der Waals surface area (Å²) in [5.74, 6) is 1.07. The molecule has 2 aliphatic heterocycles. The molecule has 6 rings (SSSR count). The Morgan fingerprint density at radius 2 is 1.89 bits per heavy atom. The van der Waals surface area contributed by atoms with E-state index in [2.05, 4.69) is 29.0 Å². The molecular weight excluding hydrogens is 521 g/mol. The zero-order valence-corrected chi connectivity index (χ0v) is 22.2. The highest BCUT2D eigenvalue weighted by molar-refractivity contribution is 7.11. The first-order valence-electron chi connectivity index (χ1n) is 11.9. The summed E-state index contributed by atoms with van der Waals surface area (Å²) in [6, 6.07) is 5.40. The Balaban J connectivity index is 1.23. The first-order chi connectivity index (χ1) is 17.1. The fourth-order valence-electron chi connectivity index (χ4n) is 5.54. The van der Waals surface area contributed by atoms with Crippen molar-refractivity contribution in [3.8, 4) is 0 Å². The van der Waals surface area contributed by atoms with Crippen molar-refractivity contribution in [1.82, 2.24) is 25.0 Å². The molecular formula is C25H25Cl2N5O3S. The van der Waals surface area contributed by atoms with Crippen LogP contribution in [0.25, 0.3) is 0 Å². The van der Waals surface area contributed by atoms with E-state index in [-0.39, 0.29) is 34.5 Å². The lowest BCUT2D eigenvalue weighted by atomic mass is 9.71. The molecule has 1 spiro atoms. The smallest absolute Gasteiger partial charge is 0.265 e. The highest BCUT2D eigenvalue weighted by Gasteiger charge is 2.61. The molecule has 2 amide bonds. The summed E-state index contributed by atoms with van der Waals surface area (Å²) in [6.07, 6.45) is 2.95. The molecule has 1 saturated carbocycles. The molecule has 0 unspecified atom stereocenters. The van der Waals surface area contributed by atoms with Crippen LogP contribution in [-0.2, 0) is 11.2 Å². The zero-order valence-electron chi connectivity index (χ0n) is 19.9. The van der Waals surface area contributed by atoms with Crippen LogP contribution in [0.2, 0.25) is 10.0 Å². The maximum Gasteiger partial charge on any atom is 0.265 e. The first kappa shape index (κ1) is 23.9. The van der Waals surface area contributed by atoms with E-state index >= 15 is 0 Å². The van der Waals surface area contributed by atoms with Gasteiger partial charge in [0, 0.05) is 37.5 Å². The van der Waals surface area contributed by atoms with Crippen LogP contribution < -0.4 is 0 Å². The molecule has 1 aromatic carbocycles. The Morgan fingerprint density at radius 3 is 2.56 bits per heavy atom. The summed E-state index contributed by atoms with van der Waals surface area (Å²) in [7, 11) is 0. The Kier molecular flexibility index (Phi) is 5.66. The van der Waals surface area contributed by atoms with Gasteiger partial charge in [-0.3, -0.25) is 14.6 Å². The molecule has 0 bridgehead atoms. The van der Waals surface area contributed by atoms with E-state index in [1.54, 1.807) is 23.8 Å². The summed E-state index contributed by atoms with van der Waals surface area (Å²) < 4.78 is 6.13. The van der Waals surface area contributed by atoms with Gasteiger partial charge in [-0.2, -0.15) is 0 Å². The second kappa shape index (κ2) is 8.53. The summed E-state index contributed by atoms with van der Waals surface area (Å²) in [5, 5.41) is 9.62. The van der Waals surface area contributed by atoms with Gasteiger partial charge in [-0.05, 0) is 29.5 Å². The van der Waals surface area contributed by atoms with E-state index in [4.69, 9.17) is 27.6 Å². The lowest BCUT2D eigenvalue weighted by Gasteiger charge is -2.50. The van der Waals surface area contributed by atoms with Gasteiger partial charge in [-0.15, -0.1) is 21.5 Å². The standard InChI is InChI=1S/C25H25Cl2N5O3S/c1-24(2)7-15(24)22(33)32-11-25(12-32)10-31(23(34)19-8-28-13-36-19)9-16(25)21-30-29-20(35-21)6-14-3-4-17(26)18(27)5-14/h3-5,8,13,15-16H,6-7,9-12H2,1-2H3/t15-,16+/m1/s1. The summed E-state index contributed by atoms with van der Waals surface area (Å²) in [5.41, 5.74) is 2.35. The molecule has 2 aromatic heterocycles. The second-order valence-electron chi connectivity index (χ2n) is 10.9. The number of rotatable bonds is 5. The highest BCUT2D eigenvalue weighted by Crippen LogP contribution is 2.55. The Morgan fingerprint density at radius 1 is 1.14 bits per heavy atom. The van der Waals surface area contributed by atoms with Gasteiger partial charge >= 0.3 is 0 Å². The van der Waals surface area contributed by atoms with Crippen molar-refractivity contribution in [1.29, 1.82) is 0 Å². The molecule has 3 fully saturated rings. The predicted octanol–water partition coefficient (Wildman–Crippen LogP) is 4.54. The van der Waals surface area contributed by atoms with Crippen LogP contribution in [0.1, 0.15) is 53.2 Å². The predicted molar refractivity (Wildman–Crippen MR) is 135 cm³/mol. The van der Waals surface area contributed by atoms with E-state index in [9.17, 15) is 9.59 Å². The Hall–Kier alpha value is -2.49. The minimum Gasteiger partial charge on any atom is -0.425 e. The van der Waals surface area contributed by atoms with Crippen molar-refractivity contribution < 1.29 is 14.0 Å². The van der Waals surface area contributed by atoms with E-state index < -0.39 is 0 Å². The fourth-order valence-corrected chi connectivity index (χ4v) is 6.45. The normalized spacial score (nSPS) is 23.7. The summed E-state index contributed by atoms with van der Waals surface area (Å²) in [6.45, 7) is 6.43. The number of likely N-dealkylation sites (tertiary alicyclic amines) is 2. The minimum atomic E-state index is -0.303. The average molecular weight is 546 g/mol. The monoisotopic (exact) mass is 545 g/mol. The minimum absolute atomic E-state index is 0.0528. The molecule has 3 aliphatic rings. The number of nitrogens with zero attached hydrogens (tertiary/aromatic N) is 5. The van der Waals surface area contributed by atoms with E-state index in [0.29, 0.717) is 59.3 Å². The van der Waals surface area contributed by atoms with Gasteiger partial charge in [0.2, 0.25) is 17.7 Å². The molecule has 1 aliphatic carbocycles. The van der Waals surface area contributed by atoms with E-state index in [0.717, 1.165) is 12.0 Å². The van der Waals surface area contributed by atoms with Gasteiger partial charge in [-0.1, -0.05) is 43.1 Å². The van der Waals surface area contributed by atoms with Gasteiger partial charge in [0.05, 0.1) is 34.1 Å². The molecule has 0 radical (unpaired) electrons. The molecule has 11 heteroatoms. The zero-order chi connectivity index (χ0) is 25.2. The lowest BCUT2D eigenvalue weighted by Crippen LogP contribution is -2.62. The maximum atomic E-state index is 13.2. The molecule has 36 heavy (non-hydrogen) atoms. The summed E-state index contributed by atoms with van der Waals surface area (Å²) >= 11 is 13.5. The molecule has 188 valence electrons. The van der Waals surface area contributed by atoms with Crippen LogP contribution in [0.4, 0.5) is 0 Å². The second-order valence-corrected chi connectivity index (χ2v) is 12.6. The number of hydrogen-bond acceptors (Lipinski definition) is 7. The van der Waals surface area contributed by atoms with Gasteiger partial charge in [0.25, 0.3) is 5.91 Å². The van der Waals surface area contributed by atoms with Crippen molar-refractivity contribution in [3.63, 3.8) is 0 Å². The largest absolute Gasteiger partial charge is 0.425 e. The van der Waals surface area contributed by atoms with E-state index in [1.807, 2.05) is 15.9 Å². The third kappa shape index (κ3) is 4.11. The number of thiazole rings is 1. The van der Waals surface area contributed by atoms with Crippen LogP contribution in [0.3, 0.4) is 0 Å². The van der Waals surface area contributed by atoms with Gasteiger partial charge < -0.3 is 14.2 Å². The van der Waals surface area contributed by atoms with Crippen molar-refractivity contribution >= 4 is 46.4 Å². The maximum absolute atomic E-state index is 13.2.